The molecule has 0 aliphatic rings. The van der Waals surface area contributed by atoms with E-state index in [0.717, 1.165) is 11.1 Å². The Morgan fingerprint density at radius 1 is 1.32 bits per heavy atom. The van der Waals surface area contributed by atoms with Crippen LogP contribution in [0.2, 0.25) is 0 Å². The lowest BCUT2D eigenvalue weighted by atomic mass is 10.2. The first-order valence-corrected chi connectivity index (χ1v) is 6.55. The van der Waals surface area contributed by atoms with Gasteiger partial charge >= 0.3 is 0 Å². The average molecular weight is 273 g/mol. The minimum Gasteiger partial charge on any atom is -0.506 e. The van der Waals surface area contributed by atoms with Crippen LogP contribution in [-0.2, 0) is 0 Å². The van der Waals surface area contributed by atoms with Gasteiger partial charge in [0.1, 0.15) is 5.75 Å². The van der Waals surface area contributed by atoms with Crippen LogP contribution in [0.15, 0.2) is 33.5 Å². The molecule has 0 fully saturated rings. The number of nitrogen functional groups attached to an aromatic ring is 1. The number of anilines is 1. The normalized spacial score (nSPS) is 10.8. The van der Waals surface area contributed by atoms with Crippen molar-refractivity contribution < 1.29 is 9.63 Å². The highest BCUT2D eigenvalue weighted by molar-refractivity contribution is 7.08. The number of thiophene rings is 1. The van der Waals surface area contributed by atoms with Gasteiger partial charge in [0, 0.05) is 16.5 Å². The van der Waals surface area contributed by atoms with Gasteiger partial charge in [0.15, 0.2) is 0 Å². The minimum atomic E-state index is 0.00367. The Morgan fingerprint density at radius 2 is 2.16 bits per heavy atom. The summed E-state index contributed by atoms with van der Waals surface area (Å²) in [6, 6.07) is 4.84. The van der Waals surface area contributed by atoms with Crippen LogP contribution in [0.25, 0.3) is 22.8 Å². The number of rotatable bonds is 2. The summed E-state index contributed by atoms with van der Waals surface area (Å²) in [5.41, 5.74) is 8.57. The average Bonchev–Trinajstić information content (AvgIpc) is 3.01. The van der Waals surface area contributed by atoms with E-state index in [1.54, 1.807) is 23.5 Å². The third kappa shape index (κ3) is 2.06. The molecule has 0 amide bonds. The number of phenolic OH excluding ortho intramolecular Hbond substituents is 1. The predicted molar refractivity (Wildman–Crippen MR) is 73.9 cm³/mol. The Labute approximate surface area is 113 Å². The molecule has 6 heteroatoms. The van der Waals surface area contributed by atoms with Gasteiger partial charge in [-0.15, -0.1) is 0 Å². The summed E-state index contributed by atoms with van der Waals surface area (Å²) in [6.45, 7) is 2.00. The molecule has 0 saturated heterocycles. The molecule has 3 aromatic rings. The van der Waals surface area contributed by atoms with E-state index in [-0.39, 0.29) is 5.75 Å². The van der Waals surface area contributed by atoms with Gasteiger partial charge in [-0.05, 0) is 36.1 Å². The van der Waals surface area contributed by atoms with Gasteiger partial charge in [-0.2, -0.15) is 16.3 Å². The second kappa shape index (κ2) is 4.40. The number of benzene rings is 1. The molecule has 3 N–H and O–H groups in total. The van der Waals surface area contributed by atoms with Crippen molar-refractivity contribution in [2.75, 3.05) is 5.73 Å². The van der Waals surface area contributed by atoms with Crippen molar-refractivity contribution in [1.29, 1.82) is 0 Å². The van der Waals surface area contributed by atoms with E-state index < -0.39 is 0 Å². The Bertz CT molecular complexity index is 733. The lowest BCUT2D eigenvalue weighted by Crippen LogP contribution is -1.86. The number of aryl methyl sites for hydroxylation is 1. The molecule has 96 valence electrons. The molecule has 0 spiro atoms. The molecule has 0 aliphatic carbocycles. The molecule has 0 unspecified atom stereocenters. The Hall–Kier alpha value is -2.34. The minimum absolute atomic E-state index is 0.00367. The lowest BCUT2D eigenvalue weighted by molar-refractivity contribution is 0.431. The molecule has 19 heavy (non-hydrogen) atoms. The molecule has 0 radical (unpaired) electrons. The van der Waals surface area contributed by atoms with E-state index in [1.165, 1.54) is 6.07 Å². The van der Waals surface area contributed by atoms with Gasteiger partial charge in [0.2, 0.25) is 5.82 Å². The monoisotopic (exact) mass is 273 g/mol. The smallest absolute Gasteiger partial charge is 0.258 e. The number of aromatic nitrogens is 2. The molecule has 5 nitrogen and oxygen atoms in total. The molecule has 0 atom stereocenters. The van der Waals surface area contributed by atoms with Gasteiger partial charge in [-0.1, -0.05) is 5.16 Å². The number of nitrogens with two attached hydrogens (primary N) is 1. The quantitative estimate of drug-likeness (QED) is 0.553. The molecule has 0 bridgehead atoms. The van der Waals surface area contributed by atoms with Crippen molar-refractivity contribution in [1.82, 2.24) is 10.1 Å². The largest absolute Gasteiger partial charge is 0.506 e. The summed E-state index contributed by atoms with van der Waals surface area (Å²) < 4.78 is 5.22. The maximum atomic E-state index is 9.58. The number of hydrogen-bond donors (Lipinski definition) is 2. The summed E-state index contributed by atoms with van der Waals surface area (Å²) in [5.74, 6) is 0.907. The van der Waals surface area contributed by atoms with Crippen molar-refractivity contribution in [3.63, 3.8) is 0 Å². The van der Waals surface area contributed by atoms with Crippen LogP contribution in [0.3, 0.4) is 0 Å². The van der Waals surface area contributed by atoms with Crippen LogP contribution in [0.4, 0.5) is 5.69 Å². The Morgan fingerprint density at radius 3 is 2.84 bits per heavy atom. The predicted octanol–water partition coefficient (Wildman–Crippen LogP) is 3.06. The van der Waals surface area contributed by atoms with E-state index in [9.17, 15) is 5.11 Å². The van der Waals surface area contributed by atoms with Gasteiger partial charge < -0.3 is 15.4 Å². The zero-order valence-electron chi connectivity index (χ0n) is 10.1. The van der Waals surface area contributed by atoms with Crippen LogP contribution in [-0.4, -0.2) is 15.2 Å². The topological polar surface area (TPSA) is 85.2 Å². The zero-order valence-corrected chi connectivity index (χ0v) is 10.9. The zero-order chi connectivity index (χ0) is 13.4. The van der Waals surface area contributed by atoms with Gasteiger partial charge in [-0.25, -0.2) is 0 Å². The highest BCUT2D eigenvalue weighted by Crippen LogP contribution is 2.30. The maximum absolute atomic E-state index is 9.58. The molecule has 0 saturated carbocycles. The molecular weight excluding hydrogens is 262 g/mol. The van der Waals surface area contributed by atoms with Gasteiger partial charge in [-0.3, -0.25) is 0 Å². The maximum Gasteiger partial charge on any atom is 0.258 e. The summed E-state index contributed by atoms with van der Waals surface area (Å²) in [5, 5.41) is 17.5. The fraction of sp³-hybridized carbons (Fsp3) is 0.0769. The van der Waals surface area contributed by atoms with Crippen molar-refractivity contribution in [3.8, 4) is 28.6 Å². The van der Waals surface area contributed by atoms with E-state index in [0.29, 0.717) is 23.0 Å². The second-order valence-electron chi connectivity index (χ2n) is 4.17. The fourth-order valence-corrected chi connectivity index (χ4v) is 2.54. The van der Waals surface area contributed by atoms with Crippen molar-refractivity contribution in [3.05, 3.63) is 34.5 Å². The van der Waals surface area contributed by atoms with E-state index >= 15 is 0 Å². The standard InChI is InChI=1S/C13H11N3O2S/c1-7-5-19-6-9(7)12-15-13(18-16-12)8-2-3-10(14)11(17)4-8/h2-6,17H,14H2,1H3. The van der Waals surface area contributed by atoms with E-state index in [1.807, 2.05) is 17.7 Å². The van der Waals surface area contributed by atoms with Crippen molar-refractivity contribution >= 4 is 17.0 Å². The van der Waals surface area contributed by atoms with Crippen LogP contribution in [0.1, 0.15) is 5.56 Å². The number of nitrogens with zero attached hydrogens (tertiary/aromatic N) is 2. The van der Waals surface area contributed by atoms with E-state index in [2.05, 4.69) is 10.1 Å². The molecule has 0 aliphatic heterocycles. The molecule has 2 aromatic heterocycles. The summed E-state index contributed by atoms with van der Waals surface area (Å²) in [4.78, 5) is 4.33. The van der Waals surface area contributed by atoms with E-state index in [4.69, 9.17) is 10.3 Å². The summed E-state index contributed by atoms with van der Waals surface area (Å²) in [7, 11) is 0. The van der Waals surface area contributed by atoms with Gasteiger partial charge in [0.25, 0.3) is 5.89 Å². The number of hydrogen-bond acceptors (Lipinski definition) is 6. The Balaban J connectivity index is 2.01. The van der Waals surface area contributed by atoms with Crippen molar-refractivity contribution in [2.24, 2.45) is 0 Å². The number of aromatic hydroxyl groups is 1. The molecule has 3 rings (SSSR count). The number of phenols is 1. The van der Waals surface area contributed by atoms with Crippen molar-refractivity contribution in [2.45, 2.75) is 6.92 Å². The Kier molecular flexibility index (Phi) is 2.72. The van der Waals surface area contributed by atoms with Crippen LogP contribution in [0.5, 0.6) is 5.75 Å². The highest BCUT2D eigenvalue weighted by atomic mass is 32.1. The second-order valence-corrected chi connectivity index (χ2v) is 4.91. The van der Waals surface area contributed by atoms with Crippen LogP contribution in [0, 0.1) is 6.92 Å². The molecule has 2 heterocycles. The first-order valence-electron chi connectivity index (χ1n) is 5.61. The SMILES string of the molecule is Cc1cscc1-c1noc(-c2ccc(N)c(O)c2)n1. The summed E-state index contributed by atoms with van der Waals surface area (Å²) in [6.07, 6.45) is 0. The molecular formula is C13H11N3O2S. The first-order chi connectivity index (χ1) is 9.15. The lowest BCUT2D eigenvalue weighted by Gasteiger charge is -1.99. The third-order valence-electron chi connectivity index (χ3n) is 2.80. The van der Waals surface area contributed by atoms with Gasteiger partial charge in [0.05, 0.1) is 5.69 Å². The van der Waals surface area contributed by atoms with Crippen LogP contribution >= 0.6 is 11.3 Å². The third-order valence-corrected chi connectivity index (χ3v) is 3.66. The van der Waals surface area contributed by atoms with Crippen LogP contribution < -0.4 is 5.73 Å². The highest BCUT2D eigenvalue weighted by Gasteiger charge is 2.13. The molecule has 1 aromatic carbocycles. The summed E-state index contributed by atoms with van der Waals surface area (Å²) >= 11 is 1.59. The first kappa shape index (κ1) is 11.7. The fourth-order valence-electron chi connectivity index (χ4n) is 1.72.